The molecule has 1 aliphatic rings. The molecule has 1 saturated heterocycles. The molecule has 0 saturated carbocycles. The minimum absolute atomic E-state index is 0.0245. The van der Waals surface area contributed by atoms with E-state index in [0.717, 1.165) is 0 Å². The van der Waals surface area contributed by atoms with E-state index in [0.29, 0.717) is 12.2 Å². The zero-order valence-electron chi connectivity index (χ0n) is 14.8. The van der Waals surface area contributed by atoms with Crippen molar-refractivity contribution in [3.63, 3.8) is 0 Å². The molecule has 132 valence electrons. The molecule has 0 radical (unpaired) electrons. The Morgan fingerprint density at radius 2 is 1.96 bits per heavy atom. The van der Waals surface area contributed by atoms with E-state index in [9.17, 15) is 14.4 Å². The van der Waals surface area contributed by atoms with Gasteiger partial charge in [-0.05, 0) is 33.1 Å². The minimum atomic E-state index is -0.713. The van der Waals surface area contributed by atoms with Gasteiger partial charge in [-0.25, -0.2) is 4.79 Å². The lowest BCUT2D eigenvalue weighted by atomic mass is 10.0. The van der Waals surface area contributed by atoms with Gasteiger partial charge in [-0.3, -0.25) is 9.59 Å². The zero-order valence-corrected chi connectivity index (χ0v) is 15.6. The van der Waals surface area contributed by atoms with Crippen molar-refractivity contribution in [1.82, 2.24) is 10.6 Å². The van der Waals surface area contributed by atoms with Crippen LogP contribution in [0.5, 0.6) is 0 Å². The summed E-state index contributed by atoms with van der Waals surface area (Å²) in [6, 6.07) is -1.20. The Morgan fingerprint density at radius 1 is 1.35 bits per heavy atom. The van der Waals surface area contributed by atoms with E-state index in [1.165, 1.54) is 11.8 Å². The summed E-state index contributed by atoms with van der Waals surface area (Å²) in [4.78, 5) is 36.2. The molecule has 2 amide bonds. The Kier molecular flexibility index (Phi) is 6.92. The van der Waals surface area contributed by atoms with Gasteiger partial charge in [0.1, 0.15) is 11.6 Å². The highest BCUT2D eigenvalue weighted by Crippen LogP contribution is 2.23. The first-order chi connectivity index (χ1) is 10.5. The summed E-state index contributed by atoms with van der Waals surface area (Å²) in [5, 5.41) is 5.44. The van der Waals surface area contributed by atoms with Crippen molar-refractivity contribution in [2.75, 3.05) is 5.75 Å². The summed E-state index contributed by atoms with van der Waals surface area (Å²) in [6.07, 6.45) is -0.147. The van der Waals surface area contributed by atoms with E-state index >= 15 is 0 Å². The topological polar surface area (TPSA) is 84.5 Å². The number of hydrogen-bond acceptors (Lipinski definition) is 5. The molecule has 1 fully saturated rings. The lowest BCUT2D eigenvalue weighted by Crippen LogP contribution is -2.53. The molecule has 1 aliphatic heterocycles. The van der Waals surface area contributed by atoms with Crippen molar-refractivity contribution >= 4 is 29.5 Å². The van der Waals surface area contributed by atoms with E-state index in [1.54, 1.807) is 20.8 Å². The van der Waals surface area contributed by atoms with Crippen LogP contribution in [0.1, 0.15) is 48.0 Å². The largest absolute Gasteiger partial charge is 0.444 e. The molecule has 0 aromatic carbocycles. The number of amides is 2. The zero-order chi connectivity index (χ0) is 17.8. The second kappa shape index (κ2) is 8.04. The quantitative estimate of drug-likeness (QED) is 0.798. The fourth-order valence-corrected chi connectivity index (χ4v) is 3.28. The maximum Gasteiger partial charge on any atom is 0.408 e. The maximum atomic E-state index is 12.5. The number of hydrogen-bond donors (Lipinski definition) is 2. The van der Waals surface area contributed by atoms with Gasteiger partial charge < -0.3 is 15.4 Å². The first-order valence-electron chi connectivity index (χ1n) is 7.94. The molecule has 23 heavy (non-hydrogen) atoms. The van der Waals surface area contributed by atoms with E-state index in [1.807, 2.05) is 20.8 Å². The first-order valence-corrected chi connectivity index (χ1v) is 8.98. The molecule has 0 aromatic heterocycles. The highest BCUT2D eigenvalue weighted by atomic mass is 32.2. The molecule has 0 aromatic rings. The van der Waals surface area contributed by atoms with E-state index in [-0.39, 0.29) is 22.9 Å². The van der Waals surface area contributed by atoms with Crippen molar-refractivity contribution in [3.8, 4) is 0 Å². The molecule has 7 heteroatoms. The summed E-state index contributed by atoms with van der Waals surface area (Å²) < 4.78 is 5.21. The summed E-state index contributed by atoms with van der Waals surface area (Å²) >= 11 is 1.53. The van der Waals surface area contributed by atoms with Crippen LogP contribution in [-0.2, 0) is 14.3 Å². The predicted octanol–water partition coefficient (Wildman–Crippen LogP) is 2.12. The van der Waals surface area contributed by atoms with Gasteiger partial charge in [0.25, 0.3) is 0 Å². The number of Topliss-reactive ketones (excluding diaryl/α,β-unsaturated/α-hetero) is 1. The standard InChI is InChI=1S/C16H28N2O4S/c1-9(2)7-11(17-15(21)22-16(4,5)6)14(20)18-13-10(3)23-8-12(13)19/h9-11,13H,7-8H2,1-6H3,(H,17,21)(H,18,20)/t10-,11-,13-/m0/s1. The van der Waals surface area contributed by atoms with Crippen molar-refractivity contribution in [1.29, 1.82) is 0 Å². The van der Waals surface area contributed by atoms with Crippen LogP contribution in [0.4, 0.5) is 4.79 Å². The smallest absolute Gasteiger partial charge is 0.408 e. The Balaban J connectivity index is 2.70. The second-order valence-electron chi connectivity index (χ2n) is 7.30. The molecule has 1 heterocycles. The molecule has 2 N–H and O–H groups in total. The molecule has 0 unspecified atom stereocenters. The third-order valence-electron chi connectivity index (χ3n) is 3.32. The van der Waals surface area contributed by atoms with E-state index < -0.39 is 23.8 Å². The van der Waals surface area contributed by atoms with Gasteiger partial charge in [-0.2, -0.15) is 0 Å². The number of alkyl carbamates (subject to hydrolysis) is 1. The SMILES string of the molecule is CC(C)C[C@H](NC(=O)OC(C)(C)C)C(=O)N[C@@H]1C(=O)CS[C@H]1C. The monoisotopic (exact) mass is 344 g/mol. The van der Waals surface area contributed by atoms with Crippen LogP contribution in [0.15, 0.2) is 0 Å². The van der Waals surface area contributed by atoms with E-state index in [4.69, 9.17) is 4.74 Å². The minimum Gasteiger partial charge on any atom is -0.444 e. The van der Waals surface area contributed by atoms with Crippen LogP contribution in [0, 0.1) is 5.92 Å². The van der Waals surface area contributed by atoms with Crippen LogP contribution < -0.4 is 10.6 Å². The van der Waals surface area contributed by atoms with Crippen molar-refractivity contribution in [2.45, 2.75) is 70.9 Å². The third kappa shape index (κ3) is 6.81. The van der Waals surface area contributed by atoms with Crippen molar-refractivity contribution in [3.05, 3.63) is 0 Å². The van der Waals surface area contributed by atoms with Gasteiger partial charge in [0.05, 0.1) is 11.8 Å². The predicted molar refractivity (Wildman–Crippen MR) is 91.5 cm³/mol. The number of nitrogens with one attached hydrogen (secondary N) is 2. The average Bonchev–Trinajstić information content (AvgIpc) is 2.66. The Bertz CT molecular complexity index is 459. The van der Waals surface area contributed by atoms with Gasteiger partial charge >= 0.3 is 6.09 Å². The van der Waals surface area contributed by atoms with Gasteiger partial charge in [0.15, 0.2) is 5.78 Å². The summed E-state index contributed by atoms with van der Waals surface area (Å²) in [7, 11) is 0. The van der Waals surface area contributed by atoms with Crippen LogP contribution in [-0.4, -0.2) is 46.5 Å². The third-order valence-corrected chi connectivity index (χ3v) is 4.57. The van der Waals surface area contributed by atoms with Crippen LogP contribution in [0.25, 0.3) is 0 Å². The van der Waals surface area contributed by atoms with Crippen LogP contribution in [0.2, 0.25) is 0 Å². The Morgan fingerprint density at radius 3 is 2.39 bits per heavy atom. The average molecular weight is 344 g/mol. The fourth-order valence-electron chi connectivity index (χ4n) is 2.27. The highest BCUT2D eigenvalue weighted by molar-refractivity contribution is 8.01. The lowest BCUT2D eigenvalue weighted by molar-refractivity contribution is -0.128. The summed E-state index contributed by atoms with van der Waals surface area (Å²) in [6.45, 7) is 11.1. The Labute approximate surface area is 142 Å². The van der Waals surface area contributed by atoms with Gasteiger partial charge in [0, 0.05) is 5.25 Å². The number of ether oxygens (including phenoxy) is 1. The lowest BCUT2D eigenvalue weighted by Gasteiger charge is -2.25. The molecule has 0 aliphatic carbocycles. The van der Waals surface area contributed by atoms with Crippen molar-refractivity contribution in [2.24, 2.45) is 5.92 Å². The molecular weight excluding hydrogens is 316 g/mol. The first kappa shape index (κ1) is 19.8. The summed E-state index contributed by atoms with van der Waals surface area (Å²) in [5.41, 5.74) is -0.629. The highest BCUT2D eigenvalue weighted by Gasteiger charge is 2.35. The molecule has 6 nitrogen and oxygen atoms in total. The molecule has 0 bridgehead atoms. The number of thioether (sulfide) groups is 1. The second-order valence-corrected chi connectivity index (χ2v) is 8.66. The summed E-state index contributed by atoms with van der Waals surface area (Å²) in [5.74, 6) is 0.320. The van der Waals surface area contributed by atoms with Gasteiger partial charge in [-0.15, -0.1) is 11.8 Å². The van der Waals surface area contributed by atoms with Crippen molar-refractivity contribution < 1.29 is 19.1 Å². The fraction of sp³-hybridized carbons (Fsp3) is 0.812. The number of carbonyl (C=O) groups is 3. The molecular formula is C16H28N2O4S. The van der Waals surface area contributed by atoms with Gasteiger partial charge in [-0.1, -0.05) is 20.8 Å². The molecule has 3 atom stereocenters. The van der Waals surface area contributed by atoms with E-state index in [2.05, 4.69) is 10.6 Å². The van der Waals surface area contributed by atoms with Crippen LogP contribution >= 0.6 is 11.8 Å². The Hall–Kier alpha value is -1.24. The number of carbonyl (C=O) groups excluding carboxylic acids is 3. The number of ketones is 1. The molecule has 0 spiro atoms. The van der Waals surface area contributed by atoms with Gasteiger partial charge in [0.2, 0.25) is 5.91 Å². The molecule has 1 rings (SSSR count). The van der Waals surface area contributed by atoms with Crippen LogP contribution in [0.3, 0.4) is 0 Å². The normalized spacial score (nSPS) is 22.8. The maximum absolute atomic E-state index is 12.5. The number of rotatable bonds is 5.